The summed E-state index contributed by atoms with van der Waals surface area (Å²) < 4.78 is 6.89. The second kappa shape index (κ2) is 6.96. The normalized spacial score (nSPS) is 20.6. The summed E-state index contributed by atoms with van der Waals surface area (Å²) in [5, 5.41) is 0.328. The molecule has 1 fully saturated rings. The molecular formula is C18H38OSi. The van der Waals surface area contributed by atoms with Crippen LogP contribution in [0.5, 0.6) is 0 Å². The van der Waals surface area contributed by atoms with Crippen molar-refractivity contribution in [1.29, 1.82) is 0 Å². The topological polar surface area (TPSA) is 9.23 Å². The molecule has 0 bridgehead atoms. The highest BCUT2D eigenvalue weighted by molar-refractivity contribution is 6.74. The molecule has 20 heavy (non-hydrogen) atoms. The van der Waals surface area contributed by atoms with Crippen molar-refractivity contribution >= 4 is 8.32 Å². The Hall–Kier alpha value is 0.177. The maximum absolute atomic E-state index is 6.89. The fourth-order valence-electron chi connectivity index (χ4n) is 3.18. The van der Waals surface area contributed by atoms with E-state index in [1.54, 1.807) is 0 Å². The van der Waals surface area contributed by atoms with Crippen LogP contribution < -0.4 is 0 Å². The van der Waals surface area contributed by atoms with Crippen molar-refractivity contribution in [2.75, 3.05) is 0 Å². The van der Waals surface area contributed by atoms with Crippen LogP contribution in [0.25, 0.3) is 0 Å². The van der Waals surface area contributed by atoms with Crippen molar-refractivity contribution < 1.29 is 4.43 Å². The lowest BCUT2D eigenvalue weighted by Crippen LogP contribution is -2.51. The number of unbranched alkanes of at least 4 members (excludes halogenated alkanes) is 1. The minimum absolute atomic E-state index is 0.328. The Morgan fingerprint density at radius 3 is 2.05 bits per heavy atom. The van der Waals surface area contributed by atoms with E-state index in [4.69, 9.17) is 4.43 Å². The van der Waals surface area contributed by atoms with E-state index in [2.05, 4.69) is 47.7 Å². The van der Waals surface area contributed by atoms with E-state index in [1.165, 1.54) is 51.4 Å². The molecule has 0 N–H and O–H groups in total. The third kappa shape index (κ3) is 4.10. The highest BCUT2D eigenvalue weighted by atomic mass is 28.4. The van der Waals surface area contributed by atoms with Crippen LogP contribution in [0.1, 0.15) is 86.0 Å². The molecule has 0 aliphatic heterocycles. The van der Waals surface area contributed by atoms with E-state index in [0.29, 0.717) is 16.6 Å². The maximum atomic E-state index is 6.89. The summed E-state index contributed by atoms with van der Waals surface area (Å²) in [4.78, 5) is 0. The van der Waals surface area contributed by atoms with Gasteiger partial charge in [0.2, 0.25) is 0 Å². The quantitative estimate of drug-likeness (QED) is 0.462. The molecule has 0 aromatic heterocycles. The van der Waals surface area contributed by atoms with E-state index >= 15 is 0 Å². The predicted molar refractivity (Wildman–Crippen MR) is 92.8 cm³/mol. The fraction of sp³-hybridized carbons (Fsp3) is 1.00. The maximum Gasteiger partial charge on any atom is 0.192 e. The van der Waals surface area contributed by atoms with Gasteiger partial charge in [-0.2, -0.15) is 0 Å². The Kier molecular flexibility index (Phi) is 6.34. The van der Waals surface area contributed by atoms with E-state index < -0.39 is 8.32 Å². The van der Waals surface area contributed by atoms with Crippen molar-refractivity contribution in [3.05, 3.63) is 0 Å². The van der Waals surface area contributed by atoms with Gasteiger partial charge in [0.05, 0.1) is 6.10 Å². The van der Waals surface area contributed by atoms with Crippen molar-refractivity contribution in [1.82, 2.24) is 0 Å². The van der Waals surface area contributed by atoms with Crippen LogP contribution in [-0.2, 0) is 4.43 Å². The average Bonchev–Trinajstić information content (AvgIpc) is 2.26. The number of hydrogen-bond acceptors (Lipinski definition) is 1. The first-order chi connectivity index (χ1) is 9.18. The molecule has 1 unspecified atom stereocenters. The zero-order chi connectivity index (χ0) is 15.4. The summed E-state index contributed by atoms with van der Waals surface area (Å²) in [6.07, 6.45) is 11.4. The van der Waals surface area contributed by atoms with E-state index in [1.807, 2.05) is 0 Å². The minimum Gasteiger partial charge on any atom is -0.413 e. The van der Waals surface area contributed by atoms with Gasteiger partial charge in [-0.15, -0.1) is 0 Å². The van der Waals surface area contributed by atoms with Crippen molar-refractivity contribution in [3.63, 3.8) is 0 Å². The van der Waals surface area contributed by atoms with Crippen LogP contribution in [0.4, 0.5) is 0 Å². The van der Waals surface area contributed by atoms with Gasteiger partial charge in [-0.1, -0.05) is 60.3 Å². The molecule has 0 heterocycles. The monoisotopic (exact) mass is 298 g/mol. The van der Waals surface area contributed by atoms with Gasteiger partial charge in [0, 0.05) is 0 Å². The highest BCUT2D eigenvalue weighted by Crippen LogP contribution is 2.52. The second-order valence-electron chi connectivity index (χ2n) is 8.47. The van der Waals surface area contributed by atoms with Crippen LogP contribution >= 0.6 is 0 Å². The Bertz CT molecular complexity index is 286. The van der Waals surface area contributed by atoms with Gasteiger partial charge in [-0.05, 0) is 49.2 Å². The summed E-state index contributed by atoms with van der Waals surface area (Å²) in [5.74, 6) is 0. The van der Waals surface area contributed by atoms with Crippen molar-refractivity contribution in [2.24, 2.45) is 5.41 Å². The molecule has 0 spiro atoms. The first-order valence-corrected chi connectivity index (χ1v) is 11.8. The standard InChI is InChI=1S/C18H38OSi/c1-8-10-13-18(14-11-15-18)16(12-9-2)19-20(6,7)17(3,4)5/h16H,8-15H2,1-7H3. The minimum atomic E-state index is -1.64. The third-order valence-electron chi connectivity index (χ3n) is 5.85. The largest absolute Gasteiger partial charge is 0.413 e. The van der Waals surface area contributed by atoms with Gasteiger partial charge >= 0.3 is 0 Å². The van der Waals surface area contributed by atoms with E-state index in [-0.39, 0.29) is 0 Å². The zero-order valence-corrected chi connectivity index (χ0v) is 16.1. The van der Waals surface area contributed by atoms with E-state index in [9.17, 15) is 0 Å². The van der Waals surface area contributed by atoms with Gasteiger partial charge in [0.1, 0.15) is 0 Å². The molecule has 0 aromatic rings. The molecule has 1 nitrogen and oxygen atoms in total. The van der Waals surface area contributed by atoms with Gasteiger partial charge in [0.25, 0.3) is 0 Å². The van der Waals surface area contributed by atoms with Crippen molar-refractivity contribution in [3.8, 4) is 0 Å². The average molecular weight is 299 g/mol. The van der Waals surface area contributed by atoms with Crippen LogP contribution in [0, 0.1) is 5.41 Å². The molecule has 1 aliphatic carbocycles. The highest BCUT2D eigenvalue weighted by Gasteiger charge is 2.48. The summed E-state index contributed by atoms with van der Waals surface area (Å²) in [6, 6.07) is 0. The molecule has 2 heteroatoms. The molecule has 1 rings (SSSR count). The van der Waals surface area contributed by atoms with Crippen LogP contribution in [0.2, 0.25) is 18.1 Å². The first-order valence-electron chi connectivity index (χ1n) is 8.86. The third-order valence-corrected chi connectivity index (χ3v) is 10.3. The second-order valence-corrected chi connectivity index (χ2v) is 13.2. The Labute approximate surface area is 129 Å². The molecular weight excluding hydrogens is 260 g/mol. The molecule has 1 aliphatic rings. The Morgan fingerprint density at radius 1 is 1.10 bits per heavy atom. The summed E-state index contributed by atoms with van der Waals surface area (Å²) in [7, 11) is -1.64. The fourth-order valence-corrected chi connectivity index (χ4v) is 4.61. The van der Waals surface area contributed by atoms with Crippen LogP contribution in [0.3, 0.4) is 0 Å². The molecule has 0 aromatic carbocycles. The lowest BCUT2D eigenvalue weighted by atomic mass is 9.61. The van der Waals surface area contributed by atoms with Gasteiger partial charge < -0.3 is 4.43 Å². The summed E-state index contributed by atoms with van der Waals surface area (Å²) in [6.45, 7) is 16.6. The summed E-state index contributed by atoms with van der Waals surface area (Å²) >= 11 is 0. The Balaban J connectivity index is 2.82. The Morgan fingerprint density at radius 2 is 1.70 bits per heavy atom. The SMILES string of the molecule is CCCCC1(C(CCC)O[Si](C)(C)C(C)(C)C)CCC1. The molecule has 0 radical (unpaired) electrons. The molecule has 1 atom stereocenters. The molecule has 0 saturated heterocycles. The van der Waals surface area contributed by atoms with Gasteiger partial charge in [-0.25, -0.2) is 0 Å². The van der Waals surface area contributed by atoms with Crippen LogP contribution in [-0.4, -0.2) is 14.4 Å². The zero-order valence-electron chi connectivity index (χ0n) is 15.1. The molecule has 0 amide bonds. The van der Waals surface area contributed by atoms with E-state index in [0.717, 1.165) is 0 Å². The smallest absolute Gasteiger partial charge is 0.192 e. The lowest BCUT2D eigenvalue weighted by Gasteiger charge is -2.52. The predicted octanol–water partition coefficient (Wildman–Crippen LogP) is 6.54. The molecule has 120 valence electrons. The van der Waals surface area contributed by atoms with Crippen molar-refractivity contribution in [2.45, 2.75) is 110 Å². The van der Waals surface area contributed by atoms with Crippen LogP contribution in [0.15, 0.2) is 0 Å². The lowest BCUT2D eigenvalue weighted by molar-refractivity contribution is -0.0388. The van der Waals surface area contributed by atoms with Gasteiger partial charge in [0.15, 0.2) is 8.32 Å². The number of rotatable bonds is 8. The van der Waals surface area contributed by atoms with Gasteiger partial charge in [-0.3, -0.25) is 0 Å². The number of hydrogen-bond donors (Lipinski definition) is 0. The molecule has 1 saturated carbocycles. The summed E-state index contributed by atoms with van der Waals surface area (Å²) in [5.41, 5.74) is 0.529. The first kappa shape index (κ1) is 18.2.